The number of fused-ring (bicyclic) bond motifs is 2. The van der Waals surface area contributed by atoms with Crippen molar-refractivity contribution in [2.45, 2.75) is 76.5 Å². The summed E-state index contributed by atoms with van der Waals surface area (Å²) in [7, 11) is 2.23. The number of hydrogen-bond acceptors (Lipinski definition) is 6. The molecule has 6 nitrogen and oxygen atoms in total. The first kappa shape index (κ1) is 21.0. The zero-order valence-electron chi connectivity index (χ0n) is 18.6. The lowest BCUT2D eigenvalue weighted by atomic mass is 9.91. The van der Waals surface area contributed by atoms with Crippen LogP contribution >= 0.6 is 0 Å². The van der Waals surface area contributed by atoms with Crippen molar-refractivity contribution in [3.63, 3.8) is 0 Å². The fourth-order valence-corrected chi connectivity index (χ4v) is 5.36. The van der Waals surface area contributed by atoms with Crippen molar-refractivity contribution in [2.24, 2.45) is 0 Å². The number of piperidine rings is 1. The van der Waals surface area contributed by atoms with Gasteiger partial charge in [0.1, 0.15) is 0 Å². The first-order valence-corrected chi connectivity index (χ1v) is 11.7. The second-order valence-corrected chi connectivity index (χ2v) is 9.57. The first-order valence-electron chi connectivity index (χ1n) is 11.7. The average molecular weight is 402 g/mol. The Labute approximate surface area is 176 Å². The number of anilines is 1. The summed E-state index contributed by atoms with van der Waals surface area (Å²) in [5.74, 6) is 1.57. The molecule has 0 aromatic carbocycles. The van der Waals surface area contributed by atoms with Gasteiger partial charge >= 0.3 is 0 Å². The number of piperazine rings is 1. The van der Waals surface area contributed by atoms with Crippen molar-refractivity contribution in [3.8, 4) is 0 Å². The summed E-state index contributed by atoms with van der Waals surface area (Å²) in [6, 6.07) is 1.19. The smallest absolute Gasteiger partial charge is 0.225 e. The number of nitrogens with zero attached hydrogens (tertiary/aromatic N) is 5. The molecule has 1 aromatic heterocycles. The van der Waals surface area contributed by atoms with E-state index in [2.05, 4.69) is 48.0 Å². The number of likely N-dealkylation sites (tertiary alicyclic amines) is 2. The summed E-state index contributed by atoms with van der Waals surface area (Å²) in [6.07, 6.45) is 12.0. The van der Waals surface area contributed by atoms with E-state index in [-0.39, 0.29) is 0 Å². The number of rotatable bonds is 8. The van der Waals surface area contributed by atoms with Crippen LogP contribution in [0.2, 0.25) is 0 Å². The van der Waals surface area contributed by atoms with Gasteiger partial charge in [-0.1, -0.05) is 0 Å². The third-order valence-electron chi connectivity index (χ3n) is 6.93. The molecule has 2 atom stereocenters. The maximum Gasteiger partial charge on any atom is 0.225 e. The molecule has 3 aliphatic heterocycles. The van der Waals surface area contributed by atoms with E-state index in [0.717, 1.165) is 25.6 Å². The van der Waals surface area contributed by atoms with Crippen molar-refractivity contribution in [1.29, 1.82) is 0 Å². The Morgan fingerprint density at radius 1 is 1.00 bits per heavy atom. The highest BCUT2D eigenvalue weighted by molar-refractivity contribution is 5.38. The zero-order chi connectivity index (χ0) is 20.2. The summed E-state index contributed by atoms with van der Waals surface area (Å²) in [5.41, 5.74) is 1.33. The van der Waals surface area contributed by atoms with Gasteiger partial charge in [-0.15, -0.1) is 0 Å². The fraction of sp³-hybridized carbons (Fsp3) is 0.826. The van der Waals surface area contributed by atoms with Crippen molar-refractivity contribution in [1.82, 2.24) is 19.8 Å². The number of ether oxygens (including phenoxy) is 1. The van der Waals surface area contributed by atoms with Crippen molar-refractivity contribution in [2.75, 3.05) is 51.3 Å². The maximum atomic E-state index is 5.64. The van der Waals surface area contributed by atoms with E-state index in [1.807, 2.05) is 0 Å². The molecule has 3 aliphatic rings. The number of hydrogen-bond donors (Lipinski definition) is 0. The average Bonchev–Trinajstić information content (AvgIpc) is 2.99. The SMILES string of the molecule is CC(C)OCCCCN1CCC(c2cnc(N3C4CCC3CN(C)C4)nc2)CC1. The molecule has 0 aliphatic carbocycles. The molecular weight excluding hydrogens is 362 g/mol. The molecule has 0 amide bonds. The Balaban J connectivity index is 1.23. The van der Waals surface area contributed by atoms with E-state index in [4.69, 9.17) is 14.7 Å². The van der Waals surface area contributed by atoms with Gasteiger partial charge in [0.05, 0.1) is 6.10 Å². The molecule has 3 fully saturated rings. The molecule has 6 heteroatoms. The number of unbranched alkanes of at least 4 members (excludes halogenated alkanes) is 1. The highest BCUT2D eigenvalue weighted by atomic mass is 16.5. The quantitative estimate of drug-likeness (QED) is 0.624. The molecule has 0 N–H and O–H groups in total. The molecule has 4 rings (SSSR count). The molecule has 3 saturated heterocycles. The van der Waals surface area contributed by atoms with Crippen LogP contribution in [0.25, 0.3) is 0 Å². The number of likely N-dealkylation sites (N-methyl/N-ethyl adjacent to an activating group) is 1. The minimum absolute atomic E-state index is 0.353. The summed E-state index contributed by atoms with van der Waals surface area (Å²) in [6.45, 7) is 11.0. The molecule has 0 radical (unpaired) electrons. The van der Waals surface area contributed by atoms with Crippen LogP contribution in [0.5, 0.6) is 0 Å². The van der Waals surface area contributed by atoms with Crippen LogP contribution in [-0.4, -0.2) is 84.3 Å². The summed E-state index contributed by atoms with van der Waals surface area (Å²) in [4.78, 5) is 17.2. The molecule has 4 heterocycles. The van der Waals surface area contributed by atoms with Crippen LogP contribution in [0, 0.1) is 0 Å². The largest absolute Gasteiger partial charge is 0.379 e. The van der Waals surface area contributed by atoms with Crippen LogP contribution < -0.4 is 4.90 Å². The van der Waals surface area contributed by atoms with Crippen LogP contribution in [0.1, 0.15) is 63.9 Å². The van der Waals surface area contributed by atoms with Gasteiger partial charge in [-0.3, -0.25) is 0 Å². The highest BCUT2D eigenvalue weighted by Crippen LogP contribution is 2.33. The lowest BCUT2D eigenvalue weighted by molar-refractivity contribution is 0.0735. The van der Waals surface area contributed by atoms with E-state index >= 15 is 0 Å². The van der Waals surface area contributed by atoms with Gasteiger partial charge < -0.3 is 19.4 Å². The molecule has 0 spiro atoms. The van der Waals surface area contributed by atoms with Crippen molar-refractivity contribution in [3.05, 3.63) is 18.0 Å². The van der Waals surface area contributed by atoms with Gasteiger partial charge in [0.2, 0.25) is 5.95 Å². The zero-order valence-corrected chi connectivity index (χ0v) is 18.6. The lowest BCUT2D eigenvalue weighted by Crippen LogP contribution is -2.53. The standard InChI is InChI=1S/C23H39N5O/c1-18(2)29-13-5-4-10-27-11-8-19(9-12-27)20-14-24-23(25-15-20)28-21-6-7-22(28)17-26(3)16-21/h14-15,18-19,21-22H,4-13,16-17H2,1-3H3. The molecule has 0 saturated carbocycles. The summed E-state index contributed by atoms with van der Waals surface area (Å²) in [5, 5.41) is 0. The topological polar surface area (TPSA) is 44.7 Å². The Morgan fingerprint density at radius 2 is 1.66 bits per heavy atom. The van der Waals surface area contributed by atoms with E-state index in [1.54, 1.807) is 0 Å². The van der Waals surface area contributed by atoms with Gasteiger partial charge in [0.25, 0.3) is 0 Å². The second kappa shape index (κ2) is 9.71. The minimum atomic E-state index is 0.353. The summed E-state index contributed by atoms with van der Waals surface area (Å²) >= 11 is 0. The van der Waals surface area contributed by atoms with Crippen LogP contribution in [0.15, 0.2) is 12.4 Å². The third kappa shape index (κ3) is 5.28. The predicted octanol–water partition coefficient (Wildman–Crippen LogP) is 3.14. The Morgan fingerprint density at radius 3 is 2.28 bits per heavy atom. The lowest BCUT2D eigenvalue weighted by Gasteiger charge is -2.39. The molecule has 2 bridgehead atoms. The van der Waals surface area contributed by atoms with Gasteiger partial charge in [0, 0.05) is 44.2 Å². The van der Waals surface area contributed by atoms with Gasteiger partial charge in [-0.25, -0.2) is 9.97 Å². The molecule has 1 aromatic rings. The van der Waals surface area contributed by atoms with Crippen molar-refractivity contribution >= 4 is 5.95 Å². The Bertz CT molecular complexity index is 615. The fourth-order valence-electron chi connectivity index (χ4n) is 5.36. The van der Waals surface area contributed by atoms with E-state index in [0.29, 0.717) is 24.1 Å². The second-order valence-electron chi connectivity index (χ2n) is 9.57. The molecule has 162 valence electrons. The first-order chi connectivity index (χ1) is 14.1. The van der Waals surface area contributed by atoms with E-state index in [9.17, 15) is 0 Å². The van der Waals surface area contributed by atoms with Crippen LogP contribution in [-0.2, 0) is 4.74 Å². The molecule has 2 unspecified atom stereocenters. The Hall–Kier alpha value is -1.24. The normalized spacial score (nSPS) is 26.6. The molecular formula is C23H39N5O. The third-order valence-corrected chi connectivity index (χ3v) is 6.93. The van der Waals surface area contributed by atoms with Gasteiger partial charge in [-0.05, 0) is 90.5 Å². The maximum absolute atomic E-state index is 5.64. The summed E-state index contributed by atoms with van der Waals surface area (Å²) < 4.78 is 5.64. The van der Waals surface area contributed by atoms with Gasteiger partial charge in [0.15, 0.2) is 0 Å². The van der Waals surface area contributed by atoms with Crippen LogP contribution in [0.4, 0.5) is 5.95 Å². The van der Waals surface area contributed by atoms with E-state index in [1.165, 1.54) is 63.7 Å². The number of aromatic nitrogens is 2. The van der Waals surface area contributed by atoms with E-state index < -0.39 is 0 Å². The van der Waals surface area contributed by atoms with Crippen molar-refractivity contribution < 1.29 is 4.74 Å². The molecule has 29 heavy (non-hydrogen) atoms. The highest BCUT2D eigenvalue weighted by Gasteiger charge is 2.40. The Kier molecular flexibility index (Phi) is 7.04. The minimum Gasteiger partial charge on any atom is -0.379 e. The van der Waals surface area contributed by atoms with Gasteiger partial charge in [-0.2, -0.15) is 0 Å². The predicted molar refractivity (Wildman–Crippen MR) is 118 cm³/mol. The monoisotopic (exact) mass is 401 g/mol. The van der Waals surface area contributed by atoms with Crippen LogP contribution in [0.3, 0.4) is 0 Å².